The minimum atomic E-state index is -0.654. The average molecular weight is 479 g/mol. The number of nitrogens with two attached hydrogens (primary N) is 1. The Kier molecular flexibility index (Phi) is 6.36. The lowest BCUT2D eigenvalue weighted by Gasteiger charge is -2.33. The Bertz CT molecular complexity index is 1250. The normalized spacial score (nSPS) is 22.1. The van der Waals surface area contributed by atoms with E-state index >= 15 is 0 Å². The van der Waals surface area contributed by atoms with E-state index in [-0.39, 0.29) is 23.8 Å². The Morgan fingerprint density at radius 3 is 2.91 bits per heavy atom. The van der Waals surface area contributed by atoms with Gasteiger partial charge in [0.05, 0.1) is 33.7 Å². The molecule has 3 aromatic rings. The van der Waals surface area contributed by atoms with Crippen LogP contribution in [-0.4, -0.2) is 44.8 Å². The van der Waals surface area contributed by atoms with Crippen LogP contribution < -0.4 is 21.7 Å². The fourth-order valence-corrected chi connectivity index (χ4v) is 5.22. The molecule has 1 aliphatic carbocycles. The van der Waals surface area contributed by atoms with Gasteiger partial charge in [0.25, 0.3) is 0 Å². The van der Waals surface area contributed by atoms with Crippen LogP contribution in [0.4, 0.5) is 17.3 Å². The van der Waals surface area contributed by atoms with Crippen LogP contribution in [0.2, 0.25) is 0 Å². The smallest absolute Gasteiger partial charge is 0.235 e. The molecule has 0 unspecified atom stereocenters. The Balaban J connectivity index is 1.18. The highest BCUT2D eigenvalue weighted by Gasteiger charge is 2.33. The van der Waals surface area contributed by atoms with Crippen LogP contribution in [0.15, 0.2) is 47.4 Å². The molecule has 1 fully saturated rings. The third-order valence-corrected chi connectivity index (χ3v) is 7.31. The van der Waals surface area contributed by atoms with Gasteiger partial charge < -0.3 is 26.8 Å². The summed E-state index contributed by atoms with van der Waals surface area (Å²) >= 11 is 1.47. The molecule has 6 N–H and O–H groups in total. The van der Waals surface area contributed by atoms with Crippen molar-refractivity contribution in [3.8, 4) is 0 Å². The fourth-order valence-electron chi connectivity index (χ4n) is 4.46. The van der Waals surface area contributed by atoms with Gasteiger partial charge in [-0.1, -0.05) is 12.1 Å². The maximum Gasteiger partial charge on any atom is 0.235 e. The number of hydrogen-bond donors (Lipinski definition) is 5. The molecule has 10 heteroatoms. The summed E-state index contributed by atoms with van der Waals surface area (Å²) < 4.78 is 0. The van der Waals surface area contributed by atoms with E-state index in [1.807, 2.05) is 36.4 Å². The molecular formula is C24H26N6O3S. The van der Waals surface area contributed by atoms with Crippen LogP contribution in [0.25, 0.3) is 10.9 Å². The van der Waals surface area contributed by atoms with E-state index in [1.54, 1.807) is 6.07 Å². The van der Waals surface area contributed by atoms with Crippen molar-refractivity contribution in [2.75, 3.05) is 22.1 Å². The number of amides is 2. The lowest BCUT2D eigenvalue weighted by Crippen LogP contribution is -2.46. The van der Waals surface area contributed by atoms with Crippen LogP contribution in [0.5, 0.6) is 0 Å². The molecule has 2 aromatic heterocycles. The maximum absolute atomic E-state index is 12.9. The van der Waals surface area contributed by atoms with Crippen LogP contribution in [0.3, 0.4) is 0 Å². The first-order valence-corrected chi connectivity index (χ1v) is 12.2. The number of nitrogens with zero attached hydrogens (tertiary/aromatic N) is 2. The number of para-hydroxylation sites is 1. The number of pyridine rings is 2. The zero-order valence-electron chi connectivity index (χ0n) is 18.5. The molecule has 0 saturated heterocycles. The number of anilines is 3. The van der Waals surface area contributed by atoms with E-state index in [0.29, 0.717) is 54.4 Å². The van der Waals surface area contributed by atoms with E-state index in [1.165, 1.54) is 11.8 Å². The van der Waals surface area contributed by atoms with Crippen molar-refractivity contribution >= 4 is 51.8 Å². The fraction of sp³-hybridized carbons (Fsp3) is 0.333. The summed E-state index contributed by atoms with van der Waals surface area (Å²) in [5.41, 5.74) is 7.88. The standard InChI is InChI=1S/C24H26N6O3S/c25-20-9-5-13-2-1-3-17(22(13)29-20)28-24(33)14-4-7-16(18(31)10-14)26-11-15-6-8-19-23(27-15)30-21(32)12-34-19/h1-3,5-6,8-9,14,16,18,26,31H,4,7,10-12H2,(H2,25,29)(H,28,33)(H,27,30,32)/t14-,16-,18+/m0/s1. The van der Waals surface area contributed by atoms with Gasteiger partial charge in [-0.15, -0.1) is 11.8 Å². The van der Waals surface area contributed by atoms with Gasteiger partial charge in [0.15, 0.2) is 0 Å². The van der Waals surface area contributed by atoms with Crippen molar-refractivity contribution < 1.29 is 14.7 Å². The van der Waals surface area contributed by atoms with Crippen molar-refractivity contribution in [2.45, 2.75) is 42.8 Å². The van der Waals surface area contributed by atoms with E-state index in [9.17, 15) is 14.7 Å². The van der Waals surface area contributed by atoms with Crippen LogP contribution in [0.1, 0.15) is 25.0 Å². The molecular weight excluding hydrogens is 452 g/mol. The Hall–Kier alpha value is -3.21. The van der Waals surface area contributed by atoms with Crippen LogP contribution in [0, 0.1) is 5.92 Å². The number of aromatic nitrogens is 2. The minimum absolute atomic E-state index is 0.0510. The molecule has 2 amide bonds. The number of benzene rings is 1. The van der Waals surface area contributed by atoms with Gasteiger partial charge in [-0.25, -0.2) is 9.97 Å². The quantitative estimate of drug-likeness (QED) is 0.377. The van der Waals surface area contributed by atoms with Gasteiger partial charge >= 0.3 is 0 Å². The summed E-state index contributed by atoms with van der Waals surface area (Å²) in [4.78, 5) is 34.4. The third-order valence-electron chi connectivity index (χ3n) is 6.26. The second-order valence-electron chi connectivity index (χ2n) is 8.65. The second kappa shape index (κ2) is 9.57. The number of fused-ring (bicyclic) bond motifs is 2. The van der Waals surface area contributed by atoms with Crippen molar-refractivity contribution in [3.05, 3.63) is 48.2 Å². The number of carbonyl (C=O) groups is 2. The Morgan fingerprint density at radius 2 is 2.06 bits per heavy atom. The highest BCUT2D eigenvalue weighted by Crippen LogP contribution is 2.31. The van der Waals surface area contributed by atoms with Gasteiger partial charge in [-0.05, 0) is 49.6 Å². The Labute approximate surface area is 200 Å². The number of aliphatic hydroxyl groups excluding tert-OH is 1. The van der Waals surface area contributed by atoms with Gasteiger partial charge in [0.2, 0.25) is 11.8 Å². The molecule has 5 rings (SSSR count). The molecule has 1 aromatic carbocycles. The average Bonchev–Trinajstić information content (AvgIpc) is 2.83. The summed E-state index contributed by atoms with van der Waals surface area (Å²) in [7, 11) is 0. The van der Waals surface area contributed by atoms with Crippen molar-refractivity contribution in [3.63, 3.8) is 0 Å². The van der Waals surface area contributed by atoms with E-state index < -0.39 is 6.10 Å². The van der Waals surface area contributed by atoms with E-state index in [2.05, 4.69) is 25.9 Å². The van der Waals surface area contributed by atoms with Gasteiger partial charge in [-0.3, -0.25) is 9.59 Å². The second-order valence-corrected chi connectivity index (χ2v) is 9.67. The predicted octanol–water partition coefficient (Wildman–Crippen LogP) is 2.51. The molecule has 0 radical (unpaired) electrons. The highest BCUT2D eigenvalue weighted by molar-refractivity contribution is 8.00. The number of thioether (sulfide) groups is 1. The SMILES string of the molecule is Nc1ccc2cccc(NC(=O)[C@H]3CC[C@H](NCc4ccc5c(n4)NC(=O)CS5)[C@H](O)C3)c2n1. The molecule has 34 heavy (non-hydrogen) atoms. The predicted molar refractivity (Wildman–Crippen MR) is 132 cm³/mol. The summed E-state index contributed by atoms with van der Waals surface area (Å²) in [6.45, 7) is 0.468. The lowest BCUT2D eigenvalue weighted by molar-refractivity contribution is -0.122. The molecule has 176 valence electrons. The van der Waals surface area contributed by atoms with Crippen molar-refractivity contribution in [1.29, 1.82) is 0 Å². The first-order chi connectivity index (χ1) is 16.5. The molecule has 3 heterocycles. The summed E-state index contributed by atoms with van der Waals surface area (Å²) in [5, 5.41) is 20.7. The summed E-state index contributed by atoms with van der Waals surface area (Å²) in [6, 6.07) is 12.9. The van der Waals surface area contributed by atoms with Gasteiger partial charge in [-0.2, -0.15) is 0 Å². The number of nitrogen functional groups attached to an aromatic ring is 1. The Morgan fingerprint density at radius 1 is 1.18 bits per heavy atom. The largest absolute Gasteiger partial charge is 0.391 e. The van der Waals surface area contributed by atoms with Crippen molar-refractivity contribution in [2.24, 2.45) is 5.92 Å². The first kappa shape index (κ1) is 22.6. The maximum atomic E-state index is 12.9. The van der Waals surface area contributed by atoms with Gasteiger partial charge in [0, 0.05) is 23.9 Å². The summed E-state index contributed by atoms with van der Waals surface area (Å²) in [5.74, 6) is 0.916. The zero-order chi connectivity index (χ0) is 23.7. The monoisotopic (exact) mass is 478 g/mol. The first-order valence-electron chi connectivity index (χ1n) is 11.3. The molecule has 2 aliphatic rings. The molecule has 0 bridgehead atoms. The third kappa shape index (κ3) is 4.84. The number of nitrogens with one attached hydrogen (secondary N) is 3. The van der Waals surface area contributed by atoms with Crippen molar-refractivity contribution in [1.82, 2.24) is 15.3 Å². The highest BCUT2D eigenvalue weighted by atomic mass is 32.2. The van der Waals surface area contributed by atoms with E-state index in [4.69, 9.17) is 5.73 Å². The molecule has 3 atom stereocenters. The number of aliphatic hydroxyl groups is 1. The van der Waals surface area contributed by atoms with E-state index in [0.717, 1.165) is 16.0 Å². The number of carbonyl (C=O) groups excluding carboxylic acids is 2. The number of hydrogen-bond acceptors (Lipinski definition) is 8. The molecule has 0 spiro atoms. The summed E-state index contributed by atoms with van der Waals surface area (Å²) in [6.07, 6.45) is 1.04. The molecule has 1 aliphatic heterocycles. The lowest BCUT2D eigenvalue weighted by atomic mass is 9.83. The molecule has 9 nitrogen and oxygen atoms in total. The van der Waals surface area contributed by atoms with Gasteiger partial charge in [0.1, 0.15) is 11.6 Å². The topological polar surface area (TPSA) is 142 Å². The van der Waals surface area contributed by atoms with Crippen LogP contribution >= 0.6 is 11.8 Å². The zero-order valence-corrected chi connectivity index (χ0v) is 19.3. The number of rotatable bonds is 5. The van der Waals surface area contributed by atoms with Crippen LogP contribution in [-0.2, 0) is 16.1 Å². The minimum Gasteiger partial charge on any atom is -0.391 e. The molecule has 1 saturated carbocycles.